The van der Waals surface area contributed by atoms with Gasteiger partial charge in [-0.1, -0.05) is 65.0 Å². The summed E-state index contributed by atoms with van der Waals surface area (Å²) in [4.78, 5) is 15.6. The van der Waals surface area contributed by atoms with Gasteiger partial charge in [0.15, 0.2) is 0 Å². The molecule has 1 aliphatic carbocycles. The molecular weight excluding hydrogens is 460 g/mol. The van der Waals surface area contributed by atoms with Gasteiger partial charge in [-0.3, -0.25) is 4.79 Å². The fourth-order valence-corrected chi connectivity index (χ4v) is 4.91. The first-order valence-corrected chi connectivity index (χ1v) is 11.7. The van der Waals surface area contributed by atoms with Crippen LogP contribution in [-0.4, -0.2) is 21.4 Å². The van der Waals surface area contributed by atoms with E-state index < -0.39 is 0 Å². The van der Waals surface area contributed by atoms with Gasteiger partial charge < -0.3 is 9.47 Å². The van der Waals surface area contributed by atoms with E-state index in [2.05, 4.69) is 49.8 Å². The number of aromatic nitrogens is 1. The van der Waals surface area contributed by atoms with Gasteiger partial charge in [0.1, 0.15) is 0 Å². The number of nitrogens with zero attached hydrogens (tertiary/aromatic N) is 2. The topological polar surface area (TPSA) is 25.2 Å². The maximum atomic E-state index is 13.5. The van der Waals surface area contributed by atoms with Gasteiger partial charge in [-0.2, -0.15) is 0 Å². The molecule has 5 heteroatoms. The summed E-state index contributed by atoms with van der Waals surface area (Å²) >= 11 is 9.67. The molecule has 30 heavy (non-hydrogen) atoms. The summed E-state index contributed by atoms with van der Waals surface area (Å²) in [6.07, 6.45) is 7.88. The zero-order valence-electron chi connectivity index (χ0n) is 16.9. The Balaban J connectivity index is 1.59. The molecule has 0 bridgehead atoms. The molecule has 1 saturated carbocycles. The first kappa shape index (κ1) is 21.2. The van der Waals surface area contributed by atoms with Crippen LogP contribution in [0, 0.1) is 0 Å². The second-order valence-corrected chi connectivity index (χ2v) is 9.34. The second-order valence-electron chi connectivity index (χ2n) is 7.99. The standard InChI is InChI=1S/C25H26BrClN2O/c26-21-9-5-8-20(16-21)25(30)29(23-11-2-1-3-12-23)18-24-13-6-14-28(24)17-19-7-4-10-22(27)15-19/h4-10,13-16,23H,1-3,11-12,17-18H2. The molecule has 0 N–H and O–H groups in total. The summed E-state index contributed by atoms with van der Waals surface area (Å²) in [5.74, 6) is 0.110. The highest BCUT2D eigenvalue weighted by Crippen LogP contribution is 2.27. The number of amides is 1. The largest absolute Gasteiger partial charge is 0.345 e. The molecule has 2 aromatic carbocycles. The van der Waals surface area contributed by atoms with Crippen LogP contribution in [-0.2, 0) is 13.1 Å². The molecule has 0 radical (unpaired) electrons. The number of carbonyl (C=O) groups is 1. The van der Waals surface area contributed by atoms with Crippen LogP contribution in [0.4, 0.5) is 0 Å². The van der Waals surface area contributed by atoms with E-state index in [9.17, 15) is 4.79 Å². The van der Waals surface area contributed by atoms with Gasteiger partial charge in [-0.05, 0) is 60.9 Å². The van der Waals surface area contributed by atoms with Gasteiger partial charge in [0.25, 0.3) is 5.91 Å². The van der Waals surface area contributed by atoms with E-state index in [-0.39, 0.29) is 5.91 Å². The molecule has 1 fully saturated rings. The molecular formula is C25H26BrClN2O. The van der Waals surface area contributed by atoms with Crippen LogP contribution in [0.3, 0.4) is 0 Å². The van der Waals surface area contributed by atoms with Crippen molar-refractivity contribution in [2.24, 2.45) is 0 Å². The molecule has 0 aliphatic heterocycles. The summed E-state index contributed by atoms with van der Waals surface area (Å²) in [6.45, 7) is 1.36. The van der Waals surface area contributed by atoms with E-state index in [1.807, 2.05) is 42.5 Å². The van der Waals surface area contributed by atoms with Gasteiger partial charge in [-0.15, -0.1) is 0 Å². The van der Waals surface area contributed by atoms with Crippen molar-refractivity contribution in [2.75, 3.05) is 0 Å². The average Bonchev–Trinajstić information content (AvgIpc) is 3.19. The number of hydrogen-bond donors (Lipinski definition) is 0. The lowest BCUT2D eigenvalue weighted by molar-refractivity contribution is 0.0608. The van der Waals surface area contributed by atoms with Crippen molar-refractivity contribution in [1.29, 1.82) is 0 Å². The van der Waals surface area contributed by atoms with Crippen molar-refractivity contribution in [2.45, 2.75) is 51.2 Å². The minimum atomic E-state index is 0.110. The van der Waals surface area contributed by atoms with Crippen LogP contribution in [0.25, 0.3) is 0 Å². The lowest BCUT2D eigenvalue weighted by Crippen LogP contribution is -2.41. The van der Waals surface area contributed by atoms with E-state index in [1.165, 1.54) is 19.3 Å². The van der Waals surface area contributed by atoms with Gasteiger partial charge in [0.05, 0.1) is 6.54 Å². The lowest BCUT2D eigenvalue weighted by Gasteiger charge is -2.35. The zero-order valence-corrected chi connectivity index (χ0v) is 19.3. The Kier molecular flexibility index (Phi) is 6.96. The van der Waals surface area contributed by atoms with E-state index in [0.717, 1.165) is 45.7 Å². The molecule has 1 aliphatic rings. The van der Waals surface area contributed by atoms with Crippen molar-refractivity contribution in [3.05, 3.63) is 93.2 Å². The monoisotopic (exact) mass is 484 g/mol. The van der Waals surface area contributed by atoms with Crippen LogP contribution in [0.15, 0.2) is 71.3 Å². The summed E-state index contributed by atoms with van der Waals surface area (Å²) in [7, 11) is 0. The van der Waals surface area contributed by atoms with Gasteiger partial charge in [-0.25, -0.2) is 0 Å². The minimum Gasteiger partial charge on any atom is -0.345 e. The Morgan fingerprint density at radius 2 is 1.83 bits per heavy atom. The smallest absolute Gasteiger partial charge is 0.254 e. The average molecular weight is 486 g/mol. The predicted octanol–water partition coefficient (Wildman–Crippen LogP) is 6.93. The molecule has 0 saturated heterocycles. The van der Waals surface area contributed by atoms with Gasteiger partial charge >= 0.3 is 0 Å². The quantitative estimate of drug-likeness (QED) is 0.372. The van der Waals surface area contributed by atoms with Crippen molar-refractivity contribution >= 4 is 33.4 Å². The van der Waals surface area contributed by atoms with Crippen molar-refractivity contribution in [3.63, 3.8) is 0 Å². The van der Waals surface area contributed by atoms with E-state index in [1.54, 1.807) is 0 Å². The maximum Gasteiger partial charge on any atom is 0.254 e. The Bertz CT molecular complexity index is 1010. The molecule has 4 rings (SSSR count). The number of hydrogen-bond acceptors (Lipinski definition) is 1. The summed E-state index contributed by atoms with van der Waals surface area (Å²) in [5.41, 5.74) is 3.04. The Labute approximate surface area is 191 Å². The number of rotatable bonds is 6. The lowest BCUT2D eigenvalue weighted by atomic mass is 9.93. The Hall–Kier alpha value is -2.04. The fraction of sp³-hybridized carbons (Fsp3) is 0.320. The van der Waals surface area contributed by atoms with Gasteiger partial charge in [0, 0.05) is 39.5 Å². The van der Waals surface area contributed by atoms with Crippen LogP contribution >= 0.6 is 27.5 Å². The first-order chi connectivity index (χ1) is 14.6. The highest BCUT2D eigenvalue weighted by atomic mass is 79.9. The van der Waals surface area contributed by atoms with Gasteiger partial charge in [0.2, 0.25) is 0 Å². The van der Waals surface area contributed by atoms with E-state index >= 15 is 0 Å². The van der Waals surface area contributed by atoms with Crippen molar-refractivity contribution < 1.29 is 4.79 Å². The zero-order chi connectivity index (χ0) is 20.9. The molecule has 3 aromatic rings. The number of carbonyl (C=O) groups excluding carboxylic acids is 1. The third-order valence-corrected chi connectivity index (χ3v) is 6.57. The van der Waals surface area contributed by atoms with Crippen LogP contribution < -0.4 is 0 Å². The van der Waals surface area contributed by atoms with E-state index in [4.69, 9.17) is 11.6 Å². The fourth-order valence-electron chi connectivity index (χ4n) is 4.30. The first-order valence-electron chi connectivity index (χ1n) is 10.5. The molecule has 1 amide bonds. The molecule has 3 nitrogen and oxygen atoms in total. The third kappa shape index (κ3) is 5.16. The Morgan fingerprint density at radius 3 is 2.60 bits per heavy atom. The maximum absolute atomic E-state index is 13.5. The van der Waals surface area contributed by atoms with Crippen LogP contribution in [0.2, 0.25) is 5.02 Å². The molecule has 0 unspecified atom stereocenters. The third-order valence-electron chi connectivity index (χ3n) is 5.85. The van der Waals surface area contributed by atoms with Crippen molar-refractivity contribution in [1.82, 2.24) is 9.47 Å². The number of benzene rings is 2. The Morgan fingerprint density at radius 1 is 1.03 bits per heavy atom. The normalized spacial score (nSPS) is 14.6. The minimum absolute atomic E-state index is 0.110. The number of halogens is 2. The molecule has 1 heterocycles. The second kappa shape index (κ2) is 9.84. The van der Waals surface area contributed by atoms with Crippen LogP contribution in [0.1, 0.15) is 53.7 Å². The molecule has 156 valence electrons. The summed E-state index contributed by atoms with van der Waals surface area (Å²) < 4.78 is 3.15. The SMILES string of the molecule is O=C(c1cccc(Br)c1)N(Cc1cccn1Cc1cccc(Cl)c1)C1CCCCC1. The summed E-state index contributed by atoms with van der Waals surface area (Å²) in [6, 6.07) is 20.1. The molecule has 0 spiro atoms. The van der Waals surface area contributed by atoms with Crippen LogP contribution in [0.5, 0.6) is 0 Å². The highest BCUT2D eigenvalue weighted by Gasteiger charge is 2.27. The van der Waals surface area contributed by atoms with E-state index in [0.29, 0.717) is 12.6 Å². The molecule has 0 atom stereocenters. The predicted molar refractivity (Wildman–Crippen MR) is 126 cm³/mol. The van der Waals surface area contributed by atoms with Crippen molar-refractivity contribution in [3.8, 4) is 0 Å². The summed E-state index contributed by atoms with van der Waals surface area (Å²) in [5, 5.41) is 0.745. The highest BCUT2D eigenvalue weighted by molar-refractivity contribution is 9.10. The molecule has 1 aromatic heterocycles.